The van der Waals surface area contributed by atoms with E-state index in [1.165, 1.54) is 32.4 Å². The molecule has 0 amide bonds. The van der Waals surface area contributed by atoms with Crippen LogP contribution in [0.15, 0.2) is 10.7 Å². The van der Waals surface area contributed by atoms with E-state index in [-0.39, 0.29) is 0 Å². The molecule has 0 aromatic carbocycles. The Morgan fingerprint density at radius 1 is 1.22 bits per heavy atom. The van der Waals surface area contributed by atoms with Gasteiger partial charge in [0.25, 0.3) is 0 Å². The maximum absolute atomic E-state index is 5.77. The minimum Gasteiger partial charge on any atom is -0.383 e. The van der Waals surface area contributed by atoms with Gasteiger partial charge in [-0.25, -0.2) is 4.98 Å². The van der Waals surface area contributed by atoms with E-state index in [4.69, 9.17) is 5.73 Å². The van der Waals surface area contributed by atoms with Gasteiger partial charge in [-0.1, -0.05) is 0 Å². The number of nitrogens with two attached hydrogens (primary N) is 1. The smallest absolute Gasteiger partial charge is 0.228 e. The molecule has 2 fully saturated rings. The summed E-state index contributed by atoms with van der Waals surface area (Å²) in [5.41, 5.74) is 5.77. The van der Waals surface area contributed by atoms with Crippen LogP contribution in [0.2, 0.25) is 0 Å². The predicted octanol–water partition coefficient (Wildman–Crippen LogP) is 1.50. The molecule has 2 N–H and O–H groups in total. The second-order valence-corrected chi connectivity index (χ2v) is 5.86. The molecule has 1 aromatic heterocycles. The fourth-order valence-electron chi connectivity index (χ4n) is 2.89. The topological polar surface area (TPSA) is 58.3 Å². The second-order valence-electron chi connectivity index (χ2n) is 5.05. The van der Waals surface area contributed by atoms with Crippen LogP contribution >= 0.6 is 15.9 Å². The molecule has 0 bridgehead atoms. The van der Waals surface area contributed by atoms with Crippen LogP contribution in [0, 0.1) is 0 Å². The third-order valence-electron chi connectivity index (χ3n) is 3.81. The van der Waals surface area contributed by atoms with Crippen LogP contribution in [0.3, 0.4) is 0 Å². The van der Waals surface area contributed by atoms with Crippen molar-refractivity contribution >= 4 is 27.7 Å². The molecule has 0 spiro atoms. The molecule has 2 saturated heterocycles. The average Bonchev–Trinajstić information content (AvgIpc) is 2.99. The number of nitrogens with zero attached hydrogens (tertiary/aromatic N) is 4. The predicted molar refractivity (Wildman–Crippen MR) is 75.6 cm³/mol. The number of hydrogen-bond acceptors (Lipinski definition) is 5. The molecule has 3 rings (SSSR count). The van der Waals surface area contributed by atoms with Gasteiger partial charge in [-0.3, -0.25) is 4.90 Å². The Kier molecular flexibility index (Phi) is 3.39. The number of anilines is 2. The summed E-state index contributed by atoms with van der Waals surface area (Å²) in [6, 6.07) is 2.40. The van der Waals surface area contributed by atoms with Gasteiger partial charge in [0.1, 0.15) is 10.4 Å². The van der Waals surface area contributed by atoms with Crippen molar-refractivity contribution in [2.24, 2.45) is 0 Å². The molecule has 0 saturated carbocycles. The van der Waals surface area contributed by atoms with Crippen molar-refractivity contribution in [2.45, 2.75) is 25.3 Å². The Morgan fingerprint density at radius 3 is 2.72 bits per heavy atom. The summed E-state index contributed by atoms with van der Waals surface area (Å²) < 4.78 is 0.759. The lowest BCUT2D eigenvalue weighted by atomic mass is 10.2. The van der Waals surface area contributed by atoms with Gasteiger partial charge in [-0.05, 0) is 48.3 Å². The highest BCUT2D eigenvalue weighted by Gasteiger charge is 2.30. The Hall–Kier alpha value is -0.880. The number of rotatable bonds is 2. The number of aromatic nitrogens is 2. The first-order chi connectivity index (χ1) is 8.72. The average molecular weight is 312 g/mol. The normalized spacial score (nSPS) is 24.9. The number of likely N-dealkylation sites (tertiary alicyclic amines) is 1. The van der Waals surface area contributed by atoms with Crippen molar-refractivity contribution in [1.82, 2.24) is 14.9 Å². The Bertz CT molecular complexity index is 412. The first-order valence-corrected chi connectivity index (χ1v) is 7.31. The third kappa shape index (κ3) is 2.44. The summed E-state index contributed by atoms with van der Waals surface area (Å²) in [4.78, 5) is 13.6. The van der Waals surface area contributed by atoms with Crippen molar-refractivity contribution in [3.8, 4) is 0 Å². The van der Waals surface area contributed by atoms with E-state index in [0.717, 1.165) is 23.6 Å². The van der Waals surface area contributed by atoms with Crippen molar-refractivity contribution < 1.29 is 0 Å². The van der Waals surface area contributed by atoms with Crippen LogP contribution in [0.25, 0.3) is 0 Å². The van der Waals surface area contributed by atoms with Gasteiger partial charge in [0.15, 0.2) is 0 Å². The highest BCUT2D eigenvalue weighted by molar-refractivity contribution is 9.10. The zero-order chi connectivity index (χ0) is 12.5. The van der Waals surface area contributed by atoms with Crippen molar-refractivity contribution in [2.75, 3.05) is 36.8 Å². The Morgan fingerprint density at radius 2 is 2.00 bits per heavy atom. The van der Waals surface area contributed by atoms with Gasteiger partial charge in [-0.15, -0.1) is 0 Å². The monoisotopic (exact) mass is 311 g/mol. The maximum Gasteiger partial charge on any atom is 0.228 e. The molecule has 1 unspecified atom stereocenters. The van der Waals surface area contributed by atoms with E-state index >= 15 is 0 Å². The van der Waals surface area contributed by atoms with Crippen LogP contribution in [0.5, 0.6) is 0 Å². The quantitative estimate of drug-likeness (QED) is 0.839. The fourth-order valence-corrected chi connectivity index (χ4v) is 3.29. The van der Waals surface area contributed by atoms with E-state index in [9.17, 15) is 0 Å². The number of nitrogen functional groups attached to an aromatic ring is 1. The van der Waals surface area contributed by atoms with Gasteiger partial charge in [-0.2, -0.15) is 4.98 Å². The summed E-state index contributed by atoms with van der Waals surface area (Å²) in [5.74, 6) is 1.28. The molecule has 5 nitrogen and oxygen atoms in total. The SMILES string of the molecule is Nc1cc(Br)nc(N2CCC(N3CCCC3)C2)n1. The minimum atomic E-state index is 0.525. The van der Waals surface area contributed by atoms with Crippen LogP contribution in [-0.2, 0) is 0 Å². The molecule has 2 aliphatic heterocycles. The number of hydrogen-bond donors (Lipinski definition) is 1. The molecule has 18 heavy (non-hydrogen) atoms. The molecule has 2 aliphatic rings. The fraction of sp³-hybridized carbons (Fsp3) is 0.667. The molecule has 98 valence electrons. The molecular formula is C12H18BrN5. The van der Waals surface area contributed by atoms with Crippen LogP contribution in [0.1, 0.15) is 19.3 Å². The lowest BCUT2D eigenvalue weighted by molar-refractivity contribution is 0.260. The summed E-state index contributed by atoms with van der Waals surface area (Å²) in [6.45, 7) is 4.55. The molecule has 0 aliphatic carbocycles. The van der Waals surface area contributed by atoms with Gasteiger partial charge >= 0.3 is 0 Å². The highest BCUT2D eigenvalue weighted by atomic mass is 79.9. The van der Waals surface area contributed by atoms with E-state index < -0.39 is 0 Å². The first kappa shape index (κ1) is 12.2. The molecule has 6 heteroatoms. The molecule has 1 aromatic rings. The number of halogens is 1. The van der Waals surface area contributed by atoms with Crippen molar-refractivity contribution in [3.63, 3.8) is 0 Å². The summed E-state index contributed by atoms with van der Waals surface area (Å²) in [5, 5.41) is 0. The van der Waals surface area contributed by atoms with E-state index in [2.05, 4.69) is 35.7 Å². The van der Waals surface area contributed by atoms with Crippen LogP contribution in [-0.4, -0.2) is 47.1 Å². The van der Waals surface area contributed by atoms with Crippen molar-refractivity contribution in [1.29, 1.82) is 0 Å². The Balaban J connectivity index is 1.70. The second kappa shape index (κ2) is 5.01. The zero-order valence-corrected chi connectivity index (χ0v) is 11.9. The molecule has 3 heterocycles. The minimum absolute atomic E-state index is 0.525. The molecule has 1 atom stereocenters. The van der Waals surface area contributed by atoms with Gasteiger partial charge in [0.05, 0.1) is 0 Å². The van der Waals surface area contributed by atoms with Crippen LogP contribution < -0.4 is 10.6 Å². The lowest BCUT2D eigenvalue weighted by Crippen LogP contribution is -2.35. The van der Waals surface area contributed by atoms with Crippen LogP contribution in [0.4, 0.5) is 11.8 Å². The van der Waals surface area contributed by atoms with Gasteiger partial charge < -0.3 is 10.6 Å². The van der Waals surface area contributed by atoms with Gasteiger partial charge in [0, 0.05) is 25.2 Å². The largest absolute Gasteiger partial charge is 0.383 e. The highest BCUT2D eigenvalue weighted by Crippen LogP contribution is 2.24. The maximum atomic E-state index is 5.77. The summed E-state index contributed by atoms with van der Waals surface area (Å²) >= 11 is 3.37. The molecular weight excluding hydrogens is 294 g/mol. The van der Waals surface area contributed by atoms with E-state index in [1.807, 2.05) is 0 Å². The first-order valence-electron chi connectivity index (χ1n) is 6.51. The van der Waals surface area contributed by atoms with E-state index in [0.29, 0.717) is 11.9 Å². The Labute approximate surface area is 116 Å². The van der Waals surface area contributed by atoms with Gasteiger partial charge in [0.2, 0.25) is 5.95 Å². The zero-order valence-electron chi connectivity index (χ0n) is 10.3. The lowest BCUT2D eigenvalue weighted by Gasteiger charge is -2.23. The van der Waals surface area contributed by atoms with E-state index in [1.54, 1.807) is 6.07 Å². The summed E-state index contributed by atoms with van der Waals surface area (Å²) in [6.07, 6.45) is 3.89. The standard InChI is InChI=1S/C12H18BrN5/c13-10-7-11(14)16-12(15-10)18-6-3-9(8-18)17-4-1-2-5-17/h7,9H,1-6,8H2,(H2,14,15,16). The van der Waals surface area contributed by atoms with Crippen molar-refractivity contribution in [3.05, 3.63) is 10.7 Å². The third-order valence-corrected chi connectivity index (χ3v) is 4.21. The molecule has 0 radical (unpaired) electrons. The summed E-state index contributed by atoms with van der Waals surface area (Å²) in [7, 11) is 0.